The molecular formula is C23H32N2O. The van der Waals surface area contributed by atoms with Crippen LogP contribution in [0.15, 0.2) is 30.3 Å². The molecule has 140 valence electrons. The summed E-state index contributed by atoms with van der Waals surface area (Å²) in [6, 6.07) is 12.0. The highest BCUT2D eigenvalue weighted by Crippen LogP contribution is 2.47. The Bertz CT molecular complexity index is 635. The van der Waals surface area contributed by atoms with Gasteiger partial charge in [-0.25, -0.2) is 0 Å². The zero-order valence-electron chi connectivity index (χ0n) is 15.9. The van der Waals surface area contributed by atoms with Crippen molar-refractivity contribution in [2.45, 2.75) is 63.5 Å². The van der Waals surface area contributed by atoms with Crippen molar-refractivity contribution in [3.05, 3.63) is 35.9 Å². The number of hydrogen-bond acceptors (Lipinski definition) is 2. The minimum Gasteiger partial charge on any atom is -0.335 e. The van der Waals surface area contributed by atoms with Crippen LogP contribution in [0.3, 0.4) is 0 Å². The Labute approximate surface area is 157 Å². The van der Waals surface area contributed by atoms with Gasteiger partial charge in [0.15, 0.2) is 0 Å². The van der Waals surface area contributed by atoms with Crippen LogP contribution in [-0.4, -0.2) is 41.4 Å². The van der Waals surface area contributed by atoms with E-state index >= 15 is 0 Å². The number of rotatable bonds is 3. The second kappa shape index (κ2) is 6.99. The third-order valence-electron chi connectivity index (χ3n) is 7.66. The molecule has 0 unspecified atom stereocenters. The normalized spacial score (nSPS) is 33.2. The van der Waals surface area contributed by atoms with E-state index < -0.39 is 0 Å². The van der Waals surface area contributed by atoms with Crippen LogP contribution in [-0.2, 0) is 4.79 Å². The molecule has 0 N–H and O–H groups in total. The van der Waals surface area contributed by atoms with Gasteiger partial charge >= 0.3 is 0 Å². The van der Waals surface area contributed by atoms with Crippen molar-refractivity contribution in [2.75, 3.05) is 19.6 Å². The zero-order valence-corrected chi connectivity index (χ0v) is 15.9. The van der Waals surface area contributed by atoms with E-state index in [2.05, 4.69) is 40.1 Å². The molecule has 0 aromatic heterocycles. The Hall–Kier alpha value is -1.35. The summed E-state index contributed by atoms with van der Waals surface area (Å²) in [6.07, 6.45) is 10.5. The highest BCUT2D eigenvalue weighted by atomic mass is 16.2. The van der Waals surface area contributed by atoms with Crippen LogP contribution in [0.25, 0.3) is 0 Å². The number of carbonyl (C=O) groups excluding carboxylic acids is 1. The highest BCUT2D eigenvalue weighted by Gasteiger charge is 2.51. The summed E-state index contributed by atoms with van der Waals surface area (Å²) in [4.78, 5) is 18.2. The first kappa shape index (κ1) is 16.8. The minimum atomic E-state index is 0.308. The van der Waals surface area contributed by atoms with Crippen LogP contribution in [0.5, 0.6) is 0 Å². The Morgan fingerprint density at radius 1 is 0.846 bits per heavy atom. The molecule has 1 aromatic rings. The van der Waals surface area contributed by atoms with Gasteiger partial charge in [0.2, 0.25) is 5.91 Å². The van der Waals surface area contributed by atoms with Crippen LogP contribution < -0.4 is 0 Å². The molecule has 3 heteroatoms. The van der Waals surface area contributed by atoms with E-state index in [-0.39, 0.29) is 0 Å². The maximum absolute atomic E-state index is 13.1. The standard InChI is InChI=1S/C23H32N2O/c26-23(18-10-7-11-18)25-15-19-14-24(20-12-5-2-6-13-20)16-21(19)22(25)17-8-3-1-4-9-17/h1,3-4,8-9,18-22H,2,5-7,10-16H2/t19-,21-,22+/m0/s1. The maximum Gasteiger partial charge on any atom is 0.226 e. The summed E-state index contributed by atoms with van der Waals surface area (Å²) in [5.74, 6) is 2.06. The molecule has 4 fully saturated rings. The summed E-state index contributed by atoms with van der Waals surface area (Å²) >= 11 is 0. The number of benzene rings is 1. The van der Waals surface area contributed by atoms with Gasteiger partial charge in [-0.1, -0.05) is 56.0 Å². The molecule has 5 rings (SSSR count). The van der Waals surface area contributed by atoms with E-state index in [0.29, 0.717) is 29.7 Å². The van der Waals surface area contributed by atoms with E-state index in [0.717, 1.165) is 25.4 Å². The number of amides is 1. The fraction of sp³-hybridized carbons (Fsp3) is 0.696. The lowest BCUT2D eigenvalue weighted by Gasteiger charge is -2.37. The molecule has 3 atom stereocenters. The van der Waals surface area contributed by atoms with Crippen molar-refractivity contribution in [3.63, 3.8) is 0 Å². The van der Waals surface area contributed by atoms with Crippen molar-refractivity contribution in [1.29, 1.82) is 0 Å². The Balaban J connectivity index is 1.38. The van der Waals surface area contributed by atoms with Crippen molar-refractivity contribution >= 4 is 5.91 Å². The zero-order chi connectivity index (χ0) is 17.5. The molecular weight excluding hydrogens is 320 g/mol. The van der Waals surface area contributed by atoms with Crippen LogP contribution in [0.4, 0.5) is 0 Å². The fourth-order valence-electron chi connectivity index (χ4n) is 6.02. The topological polar surface area (TPSA) is 23.6 Å². The van der Waals surface area contributed by atoms with E-state index in [4.69, 9.17) is 0 Å². The van der Waals surface area contributed by atoms with E-state index in [1.165, 1.54) is 57.2 Å². The molecule has 0 bridgehead atoms. The van der Waals surface area contributed by atoms with Crippen molar-refractivity contribution in [3.8, 4) is 0 Å². The summed E-state index contributed by atoms with van der Waals surface area (Å²) in [5.41, 5.74) is 1.36. The van der Waals surface area contributed by atoms with E-state index in [1.807, 2.05) is 0 Å². The Morgan fingerprint density at radius 3 is 2.31 bits per heavy atom. The van der Waals surface area contributed by atoms with Gasteiger partial charge in [-0.05, 0) is 37.2 Å². The van der Waals surface area contributed by atoms with Crippen molar-refractivity contribution < 1.29 is 4.79 Å². The first-order valence-electron chi connectivity index (χ1n) is 10.9. The SMILES string of the molecule is O=C(C1CCC1)N1C[C@@H]2CN(C3CCCCC3)C[C@@H]2[C@H]1c1ccccc1. The third kappa shape index (κ3) is 2.89. The number of hydrogen-bond donors (Lipinski definition) is 0. The second-order valence-corrected chi connectivity index (χ2v) is 9.14. The average molecular weight is 353 g/mol. The number of fused-ring (bicyclic) bond motifs is 1. The fourth-order valence-corrected chi connectivity index (χ4v) is 6.02. The maximum atomic E-state index is 13.1. The lowest BCUT2D eigenvalue weighted by Crippen LogP contribution is -2.42. The smallest absolute Gasteiger partial charge is 0.226 e. The molecule has 2 saturated heterocycles. The summed E-state index contributed by atoms with van der Waals surface area (Å²) in [5, 5.41) is 0. The first-order valence-corrected chi connectivity index (χ1v) is 10.9. The van der Waals surface area contributed by atoms with Gasteiger partial charge in [-0.15, -0.1) is 0 Å². The van der Waals surface area contributed by atoms with Gasteiger partial charge in [0.05, 0.1) is 6.04 Å². The monoisotopic (exact) mass is 352 g/mol. The summed E-state index contributed by atoms with van der Waals surface area (Å²) < 4.78 is 0. The third-order valence-corrected chi connectivity index (χ3v) is 7.66. The van der Waals surface area contributed by atoms with Crippen molar-refractivity contribution in [1.82, 2.24) is 9.80 Å². The van der Waals surface area contributed by atoms with E-state index in [9.17, 15) is 4.79 Å². The van der Waals surface area contributed by atoms with Gasteiger partial charge in [0.1, 0.15) is 0 Å². The van der Waals surface area contributed by atoms with Crippen molar-refractivity contribution in [2.24, 2.45) is 17.8 Å². The molecule has 1 amide bonds. The quantitative estimate of drug-likeness (QED) is 0.812. The molecule has 2 heterocycles. The molecule has 26 heavy (non-hydrogen) atoms. The van der Waals surface area contributed by atoms with Gasteiger partial charge in [-0.2, -0.15) is 0 Å². The van der Waals surface area contributed by atoms with E-state index in [1.54, 1.807) is 0 Å². The second-order valence-electron chi connectivity index (χ2n) is 9.14. The average Bonchev–Trinajstić information content (AvgIpc) is 3.19. The number of nitrogens with zero attached hydrogens (tertiary/aromatic N) is 2. The lowest BCUT2D eigenvalue weighted by atomic mass is 9.83. The number of carbonyl (C=O) groups is 1. The van der Waals surface area contributed by atoms with Crippen LogP contribution in [0, 0.1) is 17.8 Å². The van der Waals surface area contributed by atoms with Crippen LogP contribution in [0.2, 0.25) is 0 Å². The minimum absolute atomic E-state index is 0.308. The molecule has 2 aliphatic carbocycles. The molecule has 3 nitrogen and oxygen atoms in total. The predicted molar refractivity (Wildman–Crippen MR) is 104 cm³/mol. The number of likely N-dealkylation sites (tertiary alicyclic amines) is 2. The first-order chi connectivity index (χ1) is 12.8. The molecule has 4 aliphatic rings. The largest absolute Gasteiger partial charge is 0.335 e. The highest BCUT2D eigenvalue weighted by molar-refractivity contribution is 5.80. The predicted octanol–water partition coefficient (Wildman–Crippen LogP) is 4.25. The van der Waals surface area contributed by atoms with Crippen LogP contribution >= 0.6 is 0 Å². The molecule has 0 radical (unpaired) electrons. The molecule has 1 aromatic carbocycles. The molecule has 2 aliphatic heterocycles. The van der Waals surface area contributed by atoms with Gasteiger partial charge < -0.3 is 4.90 Å². The lowest BCUT2D eigenvalue weighted by molar-refractivity contribution is -0.139. The Morgan fingerprint density at radius 2 is 1.62 bits per heavy atom. The van der Waals surface area contributed by atoms with Gasteiger partial charge in [0, 0.05) is 37.5 Å². The van der Waals surface area contributed by atoms with Crippen LogP contribution in [0.1, 0.15) is 63.0 Å². The van der Waals surface area contributed by atoms with Gasteiger partial charge in [-0.3, -0.25) is 9.69 Å². The molecule has 2 saturated carbocycles. The summed E-state index contributed by atoms with van der Waals surface area (Å²) in [7, 11) is 0. The molecule has 0 spiro atoms. The summed E-state index contributed by atoms with van der Waals surface area (Å²) in [6.45, 7) is 3.40. The van der Waals surface area contributed by atoms with Gasteiger partial charge in [0.25, 0.3) is 0 Å². The Kier molecular flexibility index (Phi) is 4.52.